The highest BCUT2D eigenvalue weighted by Crippen LogP contribution is 2.48. The van der Waals surface area contributed by atoms with E-state index >= 15 is 0 Å². The van der Waals surface area contributed by atoms with E-state index in [2.05, 4.69) is 10.2 Å². The van der Waals surface area contributed by atoms with Gasteiger partial charge in [0, 0.05) is 37.2 Å². The van der Waals surface area contributed by atoms with Gasteiger partial charge in [-0.05, 0) is 17.3 Å². The average Bonchev–Trinajstić information content (AvgIpc) is 3.08. The maximum atomic E-state index is 12.9. The third-order valence-corrected chi connectivity index (χ3v) is 6.75. The predicted octanol–water partition coefficient (Wildman–Crippen LogP) is 2.75. The van der Waals surface area contributed by atoms with Crippen LogP contribution < -0.4 is 5.32 Å². The summed E-state index contributed by atoms with van der Waals surface area (Å²) >= 11 is 2.95. The van der Waals surface area contributed by atoms with Gasteiger partial charge in [-0.2, -0.15) is 0 Å². The lowest BCUT2D eigenvalue weighted by Gasteiger charge is -2.21. The molecule has 0 saturated carbocycles. The molecule has 1 saturated heterocycles. The highest BCUT2D eigenvalue weighted by Gasteiger charge is 2.39. The molecule has 0 spiro atoms. The summed E-state index contributed by atoms with van der Waals surface area (Å²) in [5.41, 5.74) is 2.35. The van der Waals surface area contributed by atoms with E-state index in [0.717, 1.165) is 30.1 Å². The molecule has 0 bridgehead atoms. The molecule has 3 aliphatic rings. The maximum absolute atomic E-state index is 12.9. The van der Waals surface area contributed by atoms with Gasteiger partial charge in [0.2, 0.25) is 0 Å². The molecule has 5 nitrogen and oxygen atoms in total. The summed E-state index contributed by atoms with van der Waals surface area (Å²) in [6, 6.07) is 9.84. The van der Waals surface area contributed by atoms with Crippen molar-refractivity contribution >= 4 is 34.6 Å². The smallest absolute Gasteiger partial charge is 0.269 e. The van der Waals surface area contributed by atoms with Gasteiger partial charge in [-0.3, -0.25) is 15.1 Å². The molecular weight excluding hydrogens is 340 g/mol. The number of rotatable bonds is 2. The van der Waals surface area contributed by atoms with Gasteiger partial charge in [0.15, 0.2) is 5.17 Å². The quantitative estimate of drug-likeness (QED) is 0.796. The summed E-state index contributed by atoms with van der Waals surface area (Å²) < 4.78 is 0. The van der Waals surface area contributed by atoms with Crippen LogP contribution in [0, 0.1) is 5.41 Å². The second-order valence-corrected chi connectivity index (χ2v) is 7.96. The Hall–Kier alpha value is -1.70. The van der Waals surface area contributed by atoms with E-state index in [1.165, 1.54) is 22.4 Å². The zero-order valence-electron chi connectivity index (χ0n) is 13.3. The summed E-state index contributed by atoms with van der Waals surface area (Å²) in [6.07, 6.45) is 0.986. The summed E-state index contributed by atoms with van der Waals surface area (Å²) in [7, 11) is 2.03. The van der Waals surface area contributed by atoms with Gasteiger partial charge >= 0.3 is 0 Å². The lowest BCUT2D eigenvalue weighted by molar-refractivity contribution is -0.122. The normalized spacial score (nSPS) is 24.2. The van der Waals surface area contributed by atoms with E-state index in [1.54, 1.807) is 16.7 Å². The Morgan fingerprint density at radius 1 is 1.25 bits per heavy atom. The largest absolute Gasteiger partial charge is 0.341 e. The monoisotopic (exact) mass is 358 g/mol. The van der Waals surface area contributed by atoms with Crippen LogP contribution in [0.1, 0.15) is 12.0 Å². The molecule has 3 aliphatic heterocycles. The van der Waals surface area contributed by atoms with Gasteiger partial charge in [0.05, 0.1) is 11.6 Å². The van der Waals surface area contributed by atoms with E-state index in [1.807, 2.05) is 37.4 Å². The summed E-state index contributed by atoms with van der Waals surface area (Å²) in [4.78, 5) is 18.6. The maximum Gasteiger partial charge on any atom is 0.269 e. The molecule has 0 atom stereocenters. The Balaban J connectivity index is 1.60. The highest BCUT2D eigenvalue weighted by atomic mass is 32.2. The van der Waals surface area contributed by atoms with Crippen LogP contribution in [0.15, 0.2) is 50.9 Å². The molecule has 1 fully saturated rings. The van der Waals surface area contributed by atoms with Crippen LogP contribution in [0.4, 0.5) is 0 Å². The van der Waals surface area contributed by atoms with Gasteiger partial charge in [-0.1, -0.05) is 42.1 Å². The van der Waals surface area contributed by atoms with Gasteiger partial charge < -0.3 is 10.2 Å². The first-order chi connectivity index (χ1) is 11.6. The topological polar surface area (TPSA) is 59.4 Å². The lowest BCUT2D eigenvalue weighted by atomic mass is 10.2. The minimum Gasteiger partial charge on any atom is -0.341 e. The number of carbonyl (C=O) groups excluding carboxylic acids is 1. The number of nitrogens with one attached hydrogen (secondary N) is 2. The van der Waals surface area contributed by atoms with Crippen LogP contribution in [-0.2, 0) is 11.3 Å². The predicted molar refractivity (Wildman–Crippen MR) is 99.2 cm³/mol. The van der Waals surface area contributed by atoms with Crippen molar-refractivity contribution < 1.29 is 4.79 Å². The number of thioether (sulfide) groups is 2. The molecule has 0 unspecified atom stereocenters. The Morgan fingerprint density at radius 2 is 2.04 bits per heavy atom. The number of carbonyl (C=O) groups is 1. The van der Waals surface area contributed by atoms with Crippen molar-refractivity contribution in [3.8, 4) is 0 Å². The third-order valence-electron chi connectivity index (χ3n) is 4.34. The molecule has 3 heterocycles. The van der Waals surface area contributed by atoms with Gasteiger partial charge in [0.25, 0.3) is 5.91 Å². The fourth-order valence-electron chi connectivity index (χ4n) is 3.06. The van der Waals surface area contributed by atoms with Gasteiger partial charge in [-0.15, -0.1) is 0 Å². The van der Waals surface area contributed by atoms with Crippen molar-refractivity contribution in [2.45, 2.75) is 13.0 Å². The first kappa shape index (κ1) is 15.8. The van der Waals surface area contributed by atoms with Crippen LogP contribution >= 0.6 is 23.5 Å². The minimum atomic E-state index is -0.0593. The lowest BCUT2D eigenvalue weighted by Crippen LogP contribution is -2.29. The molecule has 4 rings (SSSR count). The zero-order chi connectivity index (χ0) is 16.7. The van der Waals surface area contributed by atoms with E-state index in [9.17, 15) is 4.79 Å². The van der Waals surface area contributed by atoms with Crippen molar-refractivity contribution in [2.24, 2.45) is 0 Å². The van der Waals surface area contributed by atoms with Gasteiger partial charge in [-0.25, -0.2) is 0 Å². The fraction of sp³-hybridized carbons (Fsp3) is 0.294. The molecule has 0 aliphatic carbocycles. The first-order valence-corrected chi connectivity index (χ1v) is 9.49. The van der Waals surface area contributed by atoms with Gasteiger partial charge in [0.1, 0.15) is 4.91 Å². The summed E-state index contributed by atoms with van der Waals surface area (Å²) in [5, 5.41) is 12.9. The second kappa shape index (κ2) is 6.31. The van der Waals surface area contributed by atoms with Crippen LogP contribution in [0.3, 0.4) is 0 Å². The molecule has 24 heavy (non-hydrogen) atoms. The van der Waals surface area contributed by atoms with Crippen LogP contribution in [0.5, 0.6) is 0 Å². The molecule has 7 heteroatoms. The average molecular weight is 358 g/mol. The molecular formula is C17H18N4OS2. The summed E-state index contributed by atoms with van der Waals surface area (Å²) in [5.74, 6) is -0.0593. The molecule has 1 amide bonds. The number of benzene rings is 1. The van der Waals surface area contributed by atoms with Crippen LogP contribution in [0.2, 0.25) is 0 Å². The fourth-order valence-corrected chi connectivity index (χ4v) is 5.38. The van der Waals surface area contributed by atoms with Crippen LogP contribution in [0.25, 0.3) is 0 Å². The number of amides is 1. The standard InChI is InChI=1S/C17H18N4OS2/c1-20-12-7-8-19-9-13(12)23-16(20)14-15(22)21(17(18)24-14)10-11-5-3-2-4-6-11/h2-6,18-19H,7-10H2,1H3/b16-14-,18-17?. The Morgan fingerprint density at radius 3 is 2.79 bits per heavy atom. The Labute approximate surface area is 149 Å². The van der Waals surface area contributed by atoms with E-state index in [4.69, 9.17) is 5.41 Å². The summed E-state index contributed by atoms with van der Waals surface area (Å²) in [6.45, 7) is 2.29. The van der Waals surface area contributed by atoms with Crippen molar-refractivity contribution in [2.75, 3.05) is 20.1 Å². The number of nitrogens with zero attached hydrogens (tertiary/aromatic N) is 2. The SMILES string of the molecule is CN1C2=C(CNCC2)S/C1=C1\SC(=N)N(Cc2ccccc2)C1=O. The van der Waals surface area contributed by atoms with Crippen molar-refractivity contribution in [1.29, 1.82) is 5.41 Å². The molecule has 2 N–H and O–H groups in total. The Bertz CT molecular complexity index is 772. The first-order valence-electron chi connectivity index (χ1n) is 7.86. The minimum absolute atomic E-state index is 0.0593. The number of amidine groups is 1. The molecule has 0 aromatic heterocycles. The van der Waals surface area contributed by atoms with Crippen molar-refractivity contribution in [3.63, 3.8) is 0 Å². The Kier molecular flexibility index (Phi) is 4.15. The highest BCUT2D eigenvalue weighted by molar-refractivity contribution is 8.19. The molecule has 0 radical (unpaired) electrons. The molecule has 124 valence electrons. The number of hydrogen-bond acceptors (Lipinski definition) is 6. The second-order valence-electron chi connectivity index (χ2n) is 5.88. The van der Waals surface area contributed by atoms with Crippen molar-refractivity contribution in [1.82, 2.24) is 15.1 Å². The zero-order valence-corrected chi connectivity index (χ0v) is 15.0. The molecule has 1 aromatic carbocycles. The molecule has 1 aromatic rings. The van der Waals surface area contributed by atoms with Crippen LogP contribution in [-0.4, -0.2) is 41.0 Å². The third kappa shape index (κ3) is 2.66. The number of hydrogen-bond donors (Lipinski definition) is 2. The van der Waals surface area contributed by atoms with Crippen molar-refractivity contribution in [3.05, 3.63) is 56.4 Å². The van der Waals surface area contributed by atoms with E-state index in [-0.39, 0.29) is 5.91 Å². The van der Waals surface area contributed by atoms with E-state index in [0.29, 0.717) is 16.6 Å². The van der Waals surface area contributed by atoms with E-state index < -0.39 is 0 Å².